The van der Waals surface area contributed by atoms with E-state index in [1.165, 1.54) is 6.07 Å². The van der Waals surface area contributed by atoms with E-state index >= 15 is 0 Å². The fourth-order valence-corrected chi connectivity index (χ4v) is 5.77. The molecule has 2 aromatic rings. The standard InChI is InChI=1S/C28H32F3N3O2/c1-18-6-5-7-19(2)25(18)34-17-27(15-24(34)35,16-33-10-3-4-11-33)26(36)32-23-13-21(20-8-9-20)12-22(14-23)28(29,30)31/h5-7,12-14,20H,3-4,8-11,15-17H2,1-2H3,(H,32,36). The number of likely N-dealkylation sites (tertiary alicyclic amines) is 1. The summed E-state index contributed by atoms with van der Waals surface area (Å²) in [6, 6.07) is 9.68. The Hall–Kier alpha value is -2.87. The first-order valence-electron chi connectivity index (χ1n) is 12.7. The van der Waals surface area contributed by atoms with Crippen LogP contribution in [0.4, 0.5) is 24.5 Å². The molecule has 3 fully saturated rings. The molecule has 2 heterocycles. The molecule has 2 aromatic carbocycles. The van der Waals surface area contributed by atoms with Crippen LogP contribution in [-0.2, 0) is 15.8 Å². The van der Waals surface area contributed by atoms with Crippen LogP contribution in [0.25, 0.3) is 0 Å². The lowest BCUT2D eigenvalue weighted by atomic mass is 9.84. The first kappa shape index (κ1) is 24.8. The van der Waals surface area contributed by atoms with E-state index in [1.54, 1.807) is 11.0 Å². The van der Waals surface area contributed by atoms with Gasteiger partial charge in [-0.3, -0.25) is 9.59 Å². The average molecular weight is 500 g/mol. The largest absolute Gasteiger partial charge is 0.416 e. The number of nitrogens with one attached hydrogen (secondary N) is 1. The van der Waals surface area contributed by atoms with E-state index in [2.05, 4.69) is 10.2 Å². The molecule has 0 spiro atoms. The van der Waals surface area contributed by atoms with E-state index in [1.807, 2.05) is 32.0 Å². The van der Waals surface area contributed by atoms with Crippen molar-refractivity contribution in [2.24, 2.45) is 5.41 Å². The van der Waals surface area contributed by atoms with Crippen molar-refractivity contribution in [3.8, 4) is 0 Å². The molecule has 0 bridgehead atoms. The van der Waals surface area contributed by atoms with Crippen molar-refractivity contribution in [2.75, 3.05) is 36.4 Å². The molecule has 36 heavy (non-hydrogen) atoms. The second-order valence-electron chi connectivity index (χ2n) is 10.7. The molecule has 5 rings (SSSR count). The van der Waals surface area contributed by atoms with Crippen LogP contribution in [0.1, 0.15) is 60.3 Å². The summed E-state index contributed by atoms with van der Waals surface area (Å²) in [5.41, 5.74) is 1.66. The van der Waals surface area contributed by atoms with E-state index in [-0.39, 0.29) is 30.5 Å². The van der Waals surface area contributed by atoms with Gasteiger partial charge in [0.05, 0.1) is 11.0 Å². The topological polar surface area (TPSA) is 52.6 Å². The molecule has 5 nitrogen and oxygen atoms in total. The molecule has 192 valence electrons. The van der Waals surface area contributed by atoms with Gasteiger partial charge in [-0.2, -0.15) is 13.2 Å². The van der Waals surface area contributed by atoms with Crippen molar-refractivity contribution < 1.29 is 22.8 Å². The molecular weight excluding hydrogens is 467 g/mol. The lowest BCUT2D eigenvalue weighted by Gasteiger charge is -2.32. The van der Waals surface area contributed by atoms with Gasteiger partial charge in [0, 0.05) is 30.9 Å². The first-order valence-corrected chi connectivity index (χ1v) is 12.7. The molecule has 8 heteroatoms. The summed E-state index contributed by atoms with van der Waals surface area (Å²) >= 11 is 0. The number of anilines is 2. The maximum absolute atomic E-state index is 13.9. The quantitative estimate of drug-likeness (QED) is 0.558. The number of amides is 2. The summed E-state index contributed by atoms with van der Waals surface area (Å²) in [4.78, 5) is 31.1. The van der Waals surface area contributed by atoms with Crippen LogP contribution >= 0.6 is 0 Å². The number of hydrogen-bond donors (Lipinski definition) is 1. The molecule has 3 aliphatic rings. The number of para-hydroxylation sites is 1. The molecular formula is C28H32F3N3O2. The minimum atomic E-state index is -4.50. The third-order valence-corrected chi connectivity index (χ3v) is 7.76. The Morgan fingerprint density at radius 3 is 2.36 bits per heavy atom. The van der Waals surface area contributed by atoms with Crippen molar-refractivity contribution >= 4 is 23.2 Å². The zero-order valence-electron chi connectivity index (χ0n) is 20.8. The number of carbonyl (C=O) groups excluding carboxylic acids is 2. The molecule has 2 aliphatic heterocycles. The number of benzene rings is 2. The molecule has 0 aromatic heterocycles. The van der Waals surface area contributed by atoms with Crippen molar-refractivity contribution in [1.29, 1.82) is 0 Å². The normalized spacial score (nSPS) is 22.9. The Morgan fingerprint density at radius 1 is 1.08 bits per heavy atom. The predicted octanol–water partition coefficient (Wildman–Crippen LogP) is 5.66. The Labute approximate surface area is 209 Å². The van der Waals surface area contributed by atoms with Crippen molar-refractivity contribution in [3.05, 3.63) is 58.7 Å². The monoisotopic (exact) mass is 499 g/mol. The number of rotatable bonds is 6. The molecule has 1 saturated carbocycles. The van der Waals surface area contributed by atoms with Crippen LogP contribution in [0.2, 0.25) is 0 Å². The lowest BCUT2D eigenvalue weighted by molar-refractivity contribution is -0.137. The summed E-state index contributed by atoms with van der Waals surface area (Å²) in [6.07, 6.45) is -0.702. The highest BCUT2D eigenvalue weighted by atomic mass is 19.4. The molecule has 2 amide bonds. The van der Waals surface area contributed by atoms with E-state index in [9.17, 15) is 22.8 Å². The first-order chi connectivity index (χ1) is 17.1. The fraction of sp³-hybridized carbons (Fsp3) is 0.500. The lowest BCUT2D eigenvalue weighted by Crippen LogP contribution is -2.47. The van der Waals surface area contributed by atoms with Crippen molar-refractivity contribution in [1.82, 2.24) is 4.90 Å². The van der Waals surface area contributed by atoms with E-state index in [0.717, 1.165) is 61.7 Å². The molecule has 1 atom stereocenters. The van der Waals surface area contributed by atoms with E-state index < -0.39 is 23.1 Å². The summed E-state index contributed by atoms with van der Waals surface area (Å²) in [7, 11) is 0. The zero-order valence-corrected chi connectivity index (χ0v) is 20.8. The van der Waals surface area contributed by atoms with Crippen LogP contribution in [0.5, 0.6) is 0 Å². The third kappa shape index (κ3) is 4.88. The Kier molecular flexibility index (Phi) is 6.35. The fourth-order valence-electron chi connectivity index (χ4n) is 5.77. The number of halogens is 3. The molecule has 1 unspecified atom stereocenters. The minimum absolute atomic E-state index is 0.0253. The predicted molar refractivity (Wildman–Crippen MR) is 133 cm³/mol. The maximum Gasteiger partial charge on any atom is 0.416 e. The smallest absolute Gasteiger partial charge is 0.325 e. The van der Waals surface area contributed by atoms with Crippen LogP contribution in [-0.4, -0.2) is 42.9 Å². The zero-order chi connectivity index (χ0) is 25.7. The minimum Gasteiger partial charge on any atom is -0.325 e. The summed E-state index contributed by atoms with van der Waals surface area (Å²) in [6.45, 7) is 6.19. The molecule has 0 radical (unpaired) electrons. The van der Waals surface area contributed by atoms with Gasteiger partial charge in [0.15, 0.2) is 0 Å². The second-order valence-corrected chi connectivity index (χ2v) is 10.7. The van der Waals surface area contributed by atoms with Gasteiger partial charge in [-0.15, -0.1) is 0 Å². The highest BCUT2D eigenvalue weighted by Gasteiger charge is 2.51. The van der Waals surface area contributed by atoms with Crippen molar-refractivity contribution in [3.63, 3.8) is 0 Å². The average Bonchev–Trinajstić information content (AvgIpc) is 3.44. The number of aryl methyl sites for hydroxylation is 2. The van der Waals surface area contributed by atoms with Gasteiger partial charge >= 0.3 is 6.18 Å². The molecule has 1 N–H and O–H groups in total. The summed E-state index contributed by atoms with van der Waals surface area (Å²) in [5, 5.41) is 2.81. The Balaban J connectivity index is 1.48. The van der Waals surface area contributed by atoms with Crippen LogP contribution in [0.15, 0.2) is 36.4 Å². The summed E-state index contributed by atoms with van der Waals surface area (Å²) in [5.74, 6) is -0.420. The van der Waals surface area contributed by atoms with Gasteiger partial charge in [-0.25, -0.2) is 0 Å². The summed E-state index contributed by atoms with van der Waals surface area (Å²) < 4.78 is 40.8. The number of carbonyl (C=O) groups is 2. The van der Waals surface area contributed by atoms with Gasteiger partial charge in [0.25, 0.3) is 0 Å². The maximum atomic E-state index is 13.9. The van der Waals surface area contributed by atoms with Gasteiger partial charge in [-0.05, 0) is 93.4 Å². The van der Waals surface area contributed by atoms with Crippen LogP contribution in [0.3, 0.4) is 0 Å². The second kappa shape index (κ2) is 9.21. The number of nitrogens with zero attached hydrogens (tertiary/aromatic N) is 2. The van der Waals surface area contributed by atoms with Gasteiger partial charge in [0.2, 0.25) is 11.8 Å². The van der Waals surface area contributed by atoms with Gasteiger partial charge < -0.3 is 15.1 Å². The number of hydrogen-bond acceptors (Lipinski definition) is 3. The van der Waals surface area contributed by atoms with Crippen molar-refractivity contribution in [2.45, 2.75) is 58.0 Å². The highest BCUT2D eigenvalue weighted by molar-refractivity contribution is 6.06. The van der Waals surface area contributed by atoms with Gasteiger partial charge in [0.1, 0.15) is 0 Å². The SMILES string of the molecule is Cc1cccc(C)c1N1CC(CN2CCCC2)(C(=O)Nc2cc(C3CC3)cc(C(F)(F)F)c2)CC1=O. The highest BCUT2D eigenvalue weighted by Crippen LogP contribution is 2.44. The Bertz CT molecular complexity index is 1160. The van der Waals surface area contributed by atoms with E-state index in [0.29, 0.717) is 12.1 Å². The van der Waals surface area contributed by atoms with Gasteiger partial charge in [-0.1, -0.05) is 18.2 Å². The molecule has 2 saturated heterocycles. The van der Waals surface area contributed by atoms with Crippen LogP contribution < -0.4 is 10.2 Å². The van der Waals surface area contributed by atoms with Crippen LogP contribution in [0, 0.1) is 19.3 Å². The number of alkyl halides is 3. The Morgan fingerprint density at radius 2 is 1.75 bits per heavy atom. The van der Waals surface area contributed by atoms with E-state index in [4.69, 9.17) is 0 Å². The molecule has 1 aliphatic carbocycles. The third-order valence-electron chi connectivity index (χ3n) is 7.76.